The van der Waals surface area contributed by atoms with Gasteiger partial charge in [0, 0.05) is 17.7 Å². The Balaban J connectivity index is 2.04. The molecule has 3 aromatic rings. The molecule has 0 radical (unpaired) electrons. The highest BCUT2D eigenvalue weighted by Gasteiger charge is 2.44. The Hall–Kier alpha value is -3.03. The standard InChI is InChI=1S/C20H18O7/c1-20(2)19(25)17(24)16-14(27-20)8-12(23)15-11(22)7-13(26-18(15)16)9-3-5-10(21)6-4-9/h3-8,17,19,21,23-25H,1-2H3/t17-,19-/m0/s1. The molecule has 2 heterocycles. The van der Waals surface area contributed by atoms with Crippen molar-refractivity contribution in [2.45, 2.75) is 31.7 Å². The van der Waals surface area contributed by atoms with Crippen LogP contribution >= 0.6 is 0 Å². The predicted octanol–water partition coefficient (Wildman–Crippen LogP) is 2.44. The largest absolute Gasteiger partial charge is 0.508 e. The van der Waals surface area contributed by atoms with Crippen LogP contribution in [0.2, 0.25) is 0 Å². The summed E-state index contributed by atoms with van der Waals surface area (Å²) in [4.78, 5) is 12.6. The van der Waals surface area contributed by atoms with Crippen LogP contribution in [0.1, 0.15) is 25.5 Å². The third-order valence-corrected chi connectivity index (χ3v) is 4.81. The van der Waals surface area contributed by atoms with Gasteiger partial charge in [-0.1, -0.05) is 0 Å². The zero-order valence-electron chi connectivity index (χ0n) is 14.6. The van der Waals surface area contributed by atoms with E-state index in [-0.39, 0.29) is 39.5 Å². The number of hydrogen-bond acceptors (Lipinski definition) is 7. The van der Waals surface area contributed by atoms with Gasteiger partial charge >= 0.3 is 0 Å². The van der Waals surface area contributed by atoms with Gasteiger partial charge in [0.1, 0.15) is 46.2 Å². The highest BCUT2D eigenvalue weighted by molar-refractivity contribution is 5.90. The van der Waals surface area contributed by atoms with E-state index < -0.39 is 23.2 Å². The van der Waals surface area contributed by atoms with Crippen LogP contribution in [0.4, 0.5) is 0 Å². The minimum absolute atomic E-state index is 0.0531. The Morgan fingerprint density at radius 1 is 1.04 bits per heavy atom. The molecular formula is C20H18O7. The number of hydrogen-bond donors (Lipinski definition) is 4. The number of aliphatic hydroxyl groups is 2. The normalized spacial score (nSPS) is 20.9. The Kier molecular flexibility index (Phi) is 3.69. The van der Waals surface area contributed by atoms with Crippen molar-refractivity contribution in [2.24, 2.45) is 0 Å². The number of fused-ring (bicyclic) bond motifs is 3. The van der Waals surface area contributed by atoms with Gasteiger partial charge in [0.05, 0.1) is 5.56 Å². The molecule has 0 spiro atoms. The number of aromatic hydroxyl groups is 2. The maximum absolute atomic E-state index is 12.6. The van der Waals surface area contributed by atoms with Gasteiger partial charge in [0.25, 0.3) is 0 Å². The SMILES string of the molecule is CC1(C)Oc2cc(O)c3c(=O)cc(-c4ccc(O)cc4)oc3c2[C@H](O)[C@@H]1O. The average molecular weight is 370 g/mol. The lowest BCUT2D eigenvalue weighted by atomic mass is 9.87. The zero-order chi connectivity index (χ0) is 19.5. The van der Waals surface area contributed by atoms with Gasteiger partial charge in [0.15, 0.2) is 11.0 Å². The molecule has 0 saturated carbocycles. The van der Waals surface area contributed by atoms with Crippen LogP contribution in [-0.4, -0.2) is 32.1 Å². The lowest BCUT2D eigenvalue weighted by Crippen LogP contribution is -2.48. The maximum atomic E-state index is 12.6. The second-order valence-corrected chi connectivity index (χ2v) is 7.13. The fourth-order valence-electron chi connectivity index (χ4n) is 3.33. The van der Waals surface area contributed by atoms with Gasteiger partial charge < -0.3 is 29.6 Å². The van der Waals surface area contributed by atoms with Gasteiger partial charge in [-0.15, -0.1) is 0 Å². The van der Waals surface area contributed by atoms with E-state index in [1.807, 2.05) is 0 Å². The smallest absolute Gasteiger partial charge is 0.197 e. The molecule has 7 nitrogen and oxygen atoms in total. The second kappa shape index (κ2) is 5.73. The van der Waals surface area contributed by atoms with Crippen molar-refractivity contribution in [1.29, 1.82) is 0 Å². The Morgan fingerprint density at radius 2 is 1.70 bits per heavy atom. The first-order chi connectivity index (χ1) is 12.7. The van der Waals surface area contributed by atoms with E-state index in [0.29, 0.717) is 5.56 Å². The molecule has 7 heteroatoms. The van der Waals surface area contributed by atoms with Gasteiger partial charge in [-0.2, -0.15) is 0 Å². The van der Waals surface area contributed by atoms with Crippen molar-refractivity contribution in [2.75, 3.05) is 0 Å². The van der Waals surface area contributed by atoms with Gasteiger partial charge in [-0.05, 0) is 38.1 Å². The lowest BCUT2D eigenvalue weighted by Gasteiger charge is -2.40. The summed E-state index contributed by atoms with van der Waals surface area (Å²) in [5.41, 5.74) is -1.03. The minimum Gasteiger partial charge on any atom is -0.508 e. The molecule has 1 aromatic heterocycles. The van der Waals surface area contributed by atoms with Gasteiger partial charge in [-0.25, -0.2) is 0 Å². The van der Waals surface area contributed by atoms with Crippen LogP contribution in [0.15, 0.2) is 45.6 Å². The molecule has 0 aliphatic carbocycles. The fourth-order valence-corrected chi connectivity index (χ4v) is 3.33. The van der Waals surface area contributed by atoms with E-state index in [2.05, 4.69) is 0 Å². The monoisotopic (exact) mass is 370 g/mol. The molecular weight excluding hydrogens is 352 g/mol. The molecule has 1 aliphatic rings. The van der Waals surface area contributed by atoms with E-state index in [1.54, 1.807) is 26.0 Å². The molecule has 27 heavy (non-hydrogen) atoms. The molecule has 0 unspecified atom stereocenters. The molecule has 140 valence electrons. The third kappa shape index (κ3) is 2.63. The van der Waals surface area contributed by atoms with Crippen LogP contribution in [0.3, 0.4) is 0 Å². The van der Waals surface area contributed by atoms with E-state index in [0.717, 1.165) is 0 Å². The summed E-state index contributed by atoms with van der Waals surface area (Å²) in [5, 5.41) is 40.7. The molecule has 0 saturated heterocycles. The van der Waals surface area contributed by atoms with Crippen LogP contribution in [0, 0.1) is 0 Å². The lowest BCUT2D eigenvalue weighted by molar-refractivity contribution is -0.111. The van der Waals surface area contributed by atoms with Crippen molar-refractivity contribution >= 4 is 11.0 Å². The van der Waals surface area contributed by atoms with Crippen LogP contribution in [0.25, 0.3) is 22.3 Å². The summed E-state index contributed by atoms with van der Waals surface area (Å²) in [5.74, 6) is 0.0425. The molecule has 0 amide bonds. The number of phenols is 2. The number of ether oxygens (including phenoxy) is 1. The summed E-state index contributed by atoms with van der Waals surface area (Å²) in [6, 6.07) is 8.49. The summed E-state index contributed by atoms with van der Waals surface area (Å²) in [6.45, 7) is 3.21. The Labute approximate surface area is 153 Å². The number of rotatable bonds is 1. The first-order valence-electron chi connectivity index (χ1n) is 8.37. The van der Waals surface area contributed by atoms with E-state index in [4.69, 9.17) is 9.15 Å². The van der Waals surface area contributed by atoms with E-state index >= 15 is 0 Å². The summed E-state index contributed by atoms with van der Waals surface area (Å²) < 4.78 is 11.6. The zero-order valence-corrected chi connectivity index (χ0v) is 14.6. The quantitative estimate of drug-likeness (QED) is 0.519. The van der Waals surface area contributed by atoms with E-state index in [1.165, 1.54) is 24.3 Å². The van der Waals surface area contributed by atoms with Crippen LogP contribution in [0.5, 0.6) is 17.2 Å². The molecule has 0 fully saturated rings. The number of aliphatic hydroxyl groups excluding tert-OH is 2. The Bertz CT molecular complexity index is 1100. The Morgan fingerprint density at radius 3 is 2.37 bits per heavy atom. The summed E-state index contributed by atoms with van der Waals surface area (Å²) >= 11 is 0. The van der Waals surface area contributed by atoms with Crippen molar-refractivity contribution in [3.05, 3.63) is 52.2 Å². The maximum Gasteiger partial charge on any atom is 0.197 e. The number of benzene rings is 2. The topological polar surface area (TPSA) is 120 Å². The highest BCUT2D eigenvalue weighted by Crippen LogP contribution is 2.46. The predicted molar refractivity (Wildman–Crippen MR) is 96.9 cm³/mol. The van der Waals surface area contributed by atoms with Crippen molar-refractivity contribution < 1.29 is 29.6 Å². The first kappa shape index (κ1) is 17.4. The fraction of sp³-hybridized carbons (Fsp3) is 0.250. The van der Waals surface area contributed by atoms with Gasteiger partial charge in [-0.3, -0.25) is 4.79 Å². The van der Waals surface area contributed by atoms with Crippen LogP contribution in [-0.2, 0) is 0 Å². The average Bonchev–Trinajstić information content (AvgIpc) is 2.59. The summed E-state index contributed by atoms with van der Waals surface area (Å²) in [7, 11) is 0. The highest BCUT2D eigenvalue weighted by atomic mass is 16.5. The summed E-state index contributed by atoms with van der Waals surface area (Å²) in [6.07, 6.45) is -2.63. The van der Waals surface area contributed by atoms with Crippen molar-refractivity contribution in [3.63, 3.8) is 0 Å². The second-order valence-electron chi connectivity index (χ2n) is 7.13. The number of phenolic OH excluding ortho intramolecular Hbond substituents is 2. The molecule has 2 aromatic carbocycles. The van der Waals surface area contributed by atoms with Gasteiger partial charge in [0.2, 0.25) is 0 Å². The third-order valence-electron chi connectivity index (χ3n) is 4.81. The molecule has 1 aliphatic heterocycles. The molecule has 4 N–H and O–H groups in total. The van der Waals surface area contributed by atoms with Crippen molar-refractivity contribution in [3.8, 4) is 28.6 Å². The minimum atomic E-state index is -1.37. The van der Waals surface area contributed by atoms with Crippen molar-refractivity contribution in [1.82, 2.24) is 0 Å². The molecule has 4 rings (SSSR count). The molecule has 0 bridgehead atoms. The first-order valence-corrected chi connectivity index (χ1v) is 8.37. The van der Waals surface area contributed by atoms with E-state index in [9.17, 15) is 25.2 Å². The van der Waals surface area contributed by atoms with Crippen LogP contribution < -0.4 is 10.2 Å². The molecule has 2 atom stereocenters.